The van der Waals surface area contributed by atoms with Gasteiger partial charge in [0.05, 0.1) is 23.2 Å². The zero-order valence-electron chi connectivity index (χ0n) is 10.8. The fourth-order valence-corrected chi connectivity index (χ4v) is 2.42. The molecule has 5 heteroatoms. The topological polar surface area (TPSA) is 60.4 Å². The Bertz CT molecular complexity index is 502. The van der Waals surface area contributed by atoms with Crippen molar-refractivity contribution in [2.24, 2.45) is 0 Å². The van der Waals surface area contributed by atoms with Crippen LogP contribution < -0.4 is 0 Å². The molecule has 0 N–H and O–H groups in total. The Hall–Kier alpha value is -1.36. The third-order valence-electron chi connectivity index (χ3n) is 2.76. The normalized spacial score (nSPS) is 13.1. The Morgan fingerprint density at radius 1 is 1.22 bits per heavy atom. The van der Waals surface area contributed by atoms with Gasteiger partial charge in [0, 0.05) is 0 Å². The summed E-state index contributed by atoms with van der Waals surface area (Å²) in [5.74, 6) is -0.619. The zero-order chi connectivity index (χ0) is 13.8. The van der Waals surface area contributed by atoms with Crippen molar-refractivity contribution < 1.29 is 17.9 Å². The molecule has 1 unspecified atom stereocenters. The molecule has 0 aromatic heterocycles. The zero-order valence-corrected chi connectivity index (χ0v) is 11.7. The van der Waals surface area contributed by atoms with Crippen LogP contribution in [0.15, 0.2) is 29.2 Å². The van der Waals surface area contributed by atoms with Gasteiger partial charge in [-0.1, -0.05) is 19.1 Å². The molecule has 0 heterocycles. The summed E-state index contributed by atoms with van der Waals surface area (Å²) in [4.78, 5) is 11.8. The number of carbonyl (C=O) groups excluding carboxylic acids is 1. The third kappa shape index (κ3) is 3.32. The van der Waals surface area contributed by atoms with E-state index in [1.54, 1.807) is 32.9 Å². The van der Waals surface area contributed by atoms with Crippen LogP contribution in [0.4, 0.5) is 0 Å². The van der Waals surface area contributed by atoms with Crippen LogP contribution in [-0.4, -0.2) is 26.7 Å². The molecule has 0 aliphatic carbocycles. The van der Waals surface area contributed by atoms with E-state index in [-0.39, 0.29) is 22.5 Å². The van der Waals surface area contributed by atoms with Crippen LogP contribution in [0.2, 0.25) is 0 Å². The van der Waals surface area contributed by atoms with Crippen LogP contribution in [0.3, 0.4) is 0 Å². The predicted molar refractivity (Wildman–Crippen MR) is 69.2 cm³/mol. The lowest BCUT2D eigenvalue weighted by atomic mass is 10.0. The maximum atomic E-state index is 11.6. The number of hydrogen-bond acceptors (Lipinski definition) is 4. The molecule has 1 rings (SSSR count). The van der Waals surface area contributed by atoms with Crippen LogP contribution in [0.25, 0.3) is 0 Å². The number of hydrogen-bond donors (Lipinski definition) is 0. The van der Waals surface area contributed by atoms with Gasteiger partial charge in [-0.15, -0.1) is 0 Å². The highest BCUT2D eigenvalue weighted by atomic mass is 32.2. The van der Waals surface area contributed by atoms with E-state index in [1.807, 2.05) is 0 Å². The molecule has 0 aliphatic rings. The van der Waals surface area contributed by atoms with Gasteiger partial charge in [0.2, 0.25) is 0 Å². The molecule has 1 aromatic rings. The molecular weight excluding hydrogens is 252 g/mol. The van der Waals surface area contributed by atoms with Crippen molar-refractivity contribution in [2.45, 2.75) is 31.6 Å². The monoisotopic (exact) mass is 270 g/mol. The fourth-order valence-electron chi connectivity index (χ4n) is 1.53. The van der Waals surface area contributed by atoms with Gasteiger partial charge in [0.1, 0.15) is 0 Å². The van der Waals surface area contributed by atoms with Crippen molar-refractivity contribution in [1.82, 2.24) is 0 Å². The molecule has 0 bridgehead atoms. The van der Waals surface area contributed by atoms with Gasteiger partial charge in [-0.05, 0) is 31.5 Å². The fraction of sp³-hybridized carbons (Fsp3) is 0.462. The van der Waals surface area contributed by atoms with E-state index in [0.29, 0.717) is 6.61 Å². The van der Waals surface area contributed by atoms with Crippen molar-refractivity contribution in [2.75, 3.05) is 12.4 Å². The molecule has 0 spiro atoms. The summed E-state index contributed by atoms with van der Waals surface area (Å²) < 4.78 is 28.2. The van der Waals surface area contributed by atoms with E-state index in [1.165, 1.54) is 12.1 Å². The minimum absolute atomic E-state index is 0.0692. The molecule has 0 amide bonds. The number of carbonyl (C=O) groups is 1. The summed E-state index contributed by atoms with van der Waals surface area (Å²) in [5, 5.41) is 0. The number of benzene rings is 1. The summed E-state index contributed by atoms with van der Waals surface area (Å²) in [6.07, 6.45) is 0. The van der Waals surface area contributed by atoms with Gasteiger partial charge < -0.3 is 4.74 Å². The summed E-state index contributed by atoms with van der Waals surface area (Å²) in [6, 6.07) is 6.38. The SMILES string of the molecule is CCOC(=O)C(C)c1ccc(S(=O)(=O)CC)cc1. The van der Waals surface area contributed by atoms with Gasteiger partial charge in [0.25, 0.3) is 0 Å². The molecule has 0 saturated heterocycles. The minimum Gasteiger partial charge on any atom is -0.466 e. The Kier molecular flexibility index (Phi) is 4.90. The van der Waals surface area contributed by atoms with Crippen molar-refractivity contribution in [3.05, 3.63) is 29.8 Å². The number of ether oxygens (including phenoxy) is 1. The van der Waals surface area contributed by atoms with E-state index in [2.05, 4.69) is 0 Å². The molecule has 0 fully saturated rings. The first-order valence-corrected chi connectivity index (χ1v) is 7.57. The highest BCUT2D eigenvalue weighted by Crippen LogP contribution is 2.19. The van der Waals surface area contributed by atoms with Crippen LogP contribution in [0.5, 0.6) is 0 Å². The molecule has 1 aromatic carbocycles. The van der Waals surface area contributed by atoms with E-state index in [4.69, 9.17) is 4.74 Å². The summed E-state index contributed by atoms with van der Waals surface area (Å²) in [7, 11) is -3.19. The maximum absolute atomic E-state index is 11.6. The average molecular weight is 270 g/mol. The van der Waals surface area contributed by atoms with Crippen LogP contribution in [0, 0.1) is 0 Å². The van der Waals surface area contributed by atoms with Crippen molar-refractivity contribution in [3.63, 3.8) is 0 Å². The van der Waals surface area contributed by atoms with E-state index < -0.39 is 9.84 Å². The van der Waals surface area contributed by atoms with Crippen LogP contribution in [0.1, 0.15) is 32.3 Å². The lowest BCUT2D eigenvalue weighted by molar-refractivity contribution is -0.144. The standard InChI is InChI=1S/C13H18O4S/c1-4-17-13(14)10(3)11-6-8-12(9-7-11)18(15,16)5-2/h6-10H,4-5H2,1-3H3. The molecule has 1 atom stereocenters. The number of sulfone groups is 1. The molecule has 0 radical (unpaired) electrons. The van der Waals surface area contributed by atoms with Gasteiger partial charge in [-0.25, -0.2) is 8.42 Å². The third-order valence-corrected chi connectivity index (χ3v) is 4.51. The van der Waals surface area contributed by atoms with E-state index in [9.17, 15) is 13.2 Å². The predicted octanol–water partition coefficient (Wildman–Crippen LogP) is 2.15. The second-order valence-corrected chi connectivity index (χ2v) is 6.22. The van der Waals surface area contributed by atoms with E-state index in [0.717, 1.165) is 5.56 Å². The molecular formula is C13H18O4S. The maximum Gasteiger partial charge on any atom is 0.313 e. The Morgan fingerprint density at radius 3 is 2.22 bits per heavy atom. The van der Waals surface area contributed by atoms with Crippen molar-refractivity contribution in [3.8, 4) is 0 Å². The summed E-state index contributed by atoms with van der Waals surface area (Å²) in [5.41, 5.74) is 0.753. The van der Waals surface area contributed by atoms with Crippen LogP contribution >= 0.6 is 0 Å². The molecule has 100 valence electrons. The Balaban J connectivity index is 2.93. The average Bonchev–Trinajstić information content (AvgIpc) is 2.38. The second-order valence-electron chi connectivity index (χ2n) is 3.95. The highest BCUT2D eigenvalue weighted by Gasteiger charge is 2.17. The molecule has 0 aliphatic heterocycles. The number of esters is 1. The first-order valence-electron chi connectivity index (χ1n) is 5.91. The van der Waals surface area contributed by atoms with Gasteiger partial charge in [-0.3, -0.25) is 4.79 Å². The quantitative estimate of drug-likeness (QED) is 0.769. The lowest BCUT2D eigenvalue weighted by Gasteiger charge is -2.11. The highest BCUT2D eigenvalue weighted by molar-refractivity contribution is 7.91. The second kappa shape index (κ2) is 6.00. The lowest BCUT2D eigenvalue weighted by Crippen LogP contribution is -2.13. The Morgan fingerprint density at radius 2 is 1.78 bits per heavy atom. The molecule has 4 nitrogen and oxygen atoms in total. The number of rotatable bonds is 5. The first-order chi connectivity index (χ1) is 8.42. The van der Waals surface area contributed by atoms with Crippen LogP contribution in [-0.2, 0) is 19.4 Å². The van der Waals surface area contributed by atoms with Gasteiger partial charge in [0.15, 0.2) is 9.84 Å². The van der Waals surface area contributed by atoms with Crippen molar-refractivity contribution in [1.29, 1.82) is 0 Å². The summed E-state index contributed by atoms with van der Waals surface area (Å²) in [6.45, 7) is 5.43. The minimum atomic E-state index is -3.19. The summed E-state index contributed by atoms with van der Waals surface area (Å²) >= 11 is 0. The molecule has 18 heavy (non-hydrogen) atoms. The van der Waals surface area contributed by atoms with Crippen molar-refractivity contribution >= 4 is 15.8 Å². The van der Waals surface area contributed by atoms with Gasteiger partial charge >= 0.3 is 5.97 Å². The largest absolute Gasteiger partial charge is 0.466 e. The Labute approximate surface area is 108 Å². The molecule has 0 saturated carbocycles. The first kappa shape index (κ1) is 14.7. The van der Waals surface area contributed by atoms with E-state index >= 15 is 0 Å². The smallest absolute Gasteiger partial charge is 0.313 e. The van der Waals surface area contributed by atoms with Gasteiger partial charge in [-0.2, -0.15) is 0 Å².